The van der Waals surface area contributed by atoms with Crippen LogP contribution in [0, 0.1) is 0 Å². The summed E-state index contributed by atoms with van der Waals surface area (Å²) in [4.78, 5) is 38.9. The van der Waals surface area contributed by atoms with Crippen LogP contribution in [0.1, 0.15) is 20.8 Å². The minimum atomic E-state index is -1.47. The first-order valence-electron chi connectivity index (χ1n) is 9.31. The average molecular weight is 499 g/mol. The van der Waals surface area contributed by atoms with Gasteiger partial charge in [0, 0.05) is 5.33 Å². The lowest BCUT2D eigenvalue weighted by molar-refractivity contribution is -0.159. The summed E-state index contributed by atoms with van der Waals surface area (Å²) in [6.45, 7) is 4.90. The van der Waals surface area contributed by atoms with Crippen LogP contribution in [0.3, 0.4) is 0 Å². The summed E-state index contributed by atoms with van der Waals surface area (Å²) in [6.07, 6.45) is 0. The number of benzene rings is 1. The zero-order chi connectivity index (χ0) is 22.1. The van der Waals surface area contributed by atoms with E-state index in [0.717, 1.165) is 0 Å². The molecule has 3 unspecified atom stereocenters. The molecule has 162 valence electrons. The first-order valence-corrected chi connectivity index (χ1v) is 11.8. The Balaban J connectivity index is 1.71. The molecule has 0 aliphatic carbocycles. The topological polar surface area (TPSA) is 102 Å². The second kappa shape index (κ2) is 8.89. The predicted octanol–water partition coefficient (Wildman–Crippen LogP) is 1.47. The van der Waals surface area contributed by atoms with Gasteiger partial charge in [0.2, 0.25) is 0 Å². The van der Waals surface area contributed by atoms with Gasteiger partial charge in [0.15, 0.2) is 6.61 Å². The molecule has 2 heterocycles. The minimum absolute atomic E-state index is 0.0995. The van der Waals surface area contributed by atoms with E-state index >= 15 is 0 Å². The Morgan fingerprint density at radius 1 is 1.27 bits per heavy atom. The highest BCUT2D eigenvalue weighted by atomic mass is 79.9. The molecule has 2 aliphatic heterocycles. The van der Waals surface area contributed by atoms with Gasteiger partial charge in [0.05, 0.1) is 16.6 Å². The van der Waals surface area contributed by atoms with E-state index in [-0.39, 0.29) is 23.4 Å². The third-order valence-electron chi connectivity index (χ3n) is 4.39. The van der Waals surface area contributed by atoms with Gasteiger partial charge in [-0.15, -0.1) is 0 Å². The number of hydrogen-bond donors (Lipinski definition) is 1. The molecule has 10 heteroatoms. The van der Waals surface area contributed by atoms with Crippen LogP contribution in [0.15, 0.2) is 41.6 Å². The molecule has 8 nitrogen and oxygen atoms in total. The minimum Gasteiger partial charge on any atom is -0.484 e. The van der Waals surface area contributed by atoms with Crippen molar-refractivity contribution in [3.8, 4) is 5.75 Å². The summed E-state index contributed by atoms with van der Waals surface area (Å²) < 4.78 is 23.5. The molecule has 1 N–H and O–H groups in total. The van der Waals surface area contributed by atoms with Gasteiger partial charge >= 0.3 is 5.97 Å². The fourth-order valence-corrected chi connectivity index (χ4v) is 5.56. The number of β-lactam (4-membered cyclic amide) rings is 1. The van der Waals surface area contributed by atoms with Crippen LogP contribution in [-0.4, -0.2) is 61.6 Å². The van der Waals surface area contributed by atoms with E-state index in [2.05, 4.69) is 21.2 Å². The second-order valence-electron chi connectivity index (χ2n) is 7.86. The molecular weight excluding hydrogens is 476 g/mol. The van der Waals surface area contributed by atoms with Gasteiger partial charge in [0.1, 0.15) is 28.5 Å². The van der Waals surface area contributed by atoms with Gasteiger partial charge in [-0.2, -0.15) is 0 Å². The van der Waals surface area contributed by atoms with Crippen molar-refractivity contribution in [2.45, 2.75) is 37.8 Å². The SMILES string of the molecule is CC(C)(C)OC(=O)C1=C(CBr)CS(=O)C2C(NC(=O)COc3ccccc3)C(=O)N12. The molecule has 1 aromatic carbocycles. The van der Waals surface area contributed by atoms with Gasteiger partial charge < -0.3 is 14.8 Å². The van der Waals surface area contributed by atoms with Crippen LogP contribution >= 0.6 is 15.9 Å². The maximum atomic E-state index is 12.8. The Morgan fingerprint density at radius 2 is 1.93 bits per heavy atom. The summed E-state index contributed by atoms with van der Waals surface area (Å²) in [6, 6.07) is 7.81. The fourth-order valence-electron chi connectivity index (χ4n) is 3.15. The van der Waals surface area contributed by atoms with E-state index < -0.39 is 45.6 Å². The lowest BCUT2D eigenvalue weighted by atomic mass is 10.0. The number of ether oxygens (including phenoxy) is 2. The van der Waals surface area contributed by atoms with Crippen molar-refractivity contribution in [3.05, 3.63) is 41.6 Å². The summed E-state index contributed by atoms with van der Waals surface area (Å²) in [5, 5.41) is 2.04. The number of halogens is 1. The van der Waals surface area contributed by atoms with E-state index in [1.165, 1.54) is 4.90 Å². The number of hydrogen-bond acceptors (Lipinski definition) is 6. The lowest BCUT2D eigenvalue weighted by Crippen LogP contribution is -2.74. The standard InChI is InChI=1S/C20H23BrN2O6S/c1-20(2,3)29-19(26)16-12(9-21)11-30(27)18-15(17(25)23(16)18)22-14(24)10-28-13-7-5-4-6-8-13/h4-8,15,18H,9-11H2,1-3H3,(H,22,24). The average Bonchev–Trinajstić information content (AvgIpc) is 2.69. The highest BCUT2D eigenvalue weighted by Crippen LogP contribution is 2.36. The van der Waals surface area contributed by atoms with E-state index in [0.29, 0.717) is 11.3 Å². The van der Waals surface area contributed by atoms with Gasteiger partial charge in [-0.3, -0.25) is 18.7 Å². The van der Waals surface area contributed by atoms with Crippen molar-refractivity contribution in [1.29, 1.82) is 0 Å². The number of fused-ring (bicyclic) bond motifs is 1. The number of nitrogens with zero attached hydrogens (tertiary/aromatic N) is 1. The van der Waals surface area contributed by atoms with Crippen molar-refractivity contribution in [1.82, 2.24) is 10.2 Å². The van der Waals surface area contributed by atoms with E-state index in [9.17, 15) is 18.6 Å². The van der Waals surface area contributed by atoms with Crippen LogP contribution < -0.4 is 10.1 Å². The number of rotatable bonds is 6. The normalized spacial score (nSPS) is 23.4. The van der Waals surface area contributed by atoms with Gasteiger partial charge in [-0.25, -0.2) is 4.79 Å². The van der Waals surface area contributed by atoms with Crippen LogP contribution in [0.4, 0.5) is 0 Å². The summed E-state index contributed by atoms with van der Waals surface area (Å²) in [7, 11) is -1.47. The van der Waals surface area contributed by atoms with Gasteiger partial charge in [-0.05, 0) is 38.5 Å². The van der Waals surface area contributed by atoms with E-state index in [4.69, 9.17) is 9.47 Å². The molecule has 1 aromatic rings. The molecule has 1 fully saturated rings. The molecule has 3 rings (SSSR count). The Morgan fingerprint density at radius 3 is 2.53 bits per heavy atom. The van der Waals surface area contributed by atoms with Crippen LogP contribution in [0.5, 0.6) is 5.75 Å². The zero-order valence-corrected chi connectivity index (χ0v) is 19.2. The molecule has 0 bridgehead atoms. The highest BCUT2D eigenvalue weighted by Gasteiger charge is 2.57. The molecule has 0 spiro atoms. The quantitative estimate of drug-likeness (QED) is 0.362. The maximum Gasteiger partial charge on any atom is 0.355 e. The largest absolute Gasteiger partial charge is 0.484 e. The lowest BCUT2D eigenvalue weighted by Gasteiger charge is -2.49. The molecule has 0 saturated carbocycles. The Labute approximate surface area is 185 Å². The van der Waals surface area contributed by atoms with Crippen LogP contribution in [0.2, 0.25) is 0 Å². The number of para-hydroxylation sites is 1. The molecule has 30 heavy (non-hydrogen) atoms. The van der Waals surface area contributed by atoms with Crippen molar-refractivity contribution < 1.29 is 28.1 Å². The van der Waals surface area contributed by atoms with Crippen molar-refractivity contribution in [2.24, 2.45) is 0 Å². The predicted molar refractivity (Wildman–Crippen MR) is 114 cm³/mol. The maximum absolute atomic E-state index is 12.8. The number of nitrogens with one attached hydrogen (secondary N) is 1. The van der Waals surface area contributed by atoms with Gasteiger partial charge in [-0.1, -0.05) is 34.1 Å². The second-order valence-corrected chi connectivity index (χ2v) is 9.95. The molecule has 2 aliphatic rings. The monoisotopic (exact) mass is 498 g/mol. The van der Waals surface area contributed by atoms with Crippen molar-refractivity contribution in [3.63, 3.8) is 0 Å². The highest BCUT2D eigenvalue weighted by molar-refractivity contribution is 9.09. The molecule has 0 radical (unpaired) electrons. The van der Waals surface area contributed by atoms with Crippen molar-refractivity contribution >= 4 is 44.5 Å². The van der Waals surface area contributed by atoms with Crippen molar-refractivity contribution in [2.75, 3.05) is 17.7 Å². The fraction of sp³-hybridized carbons (Fsp3) is 0.450. The first-order chi connectivity index (χ1) is 14.1. The Hall–Kier alpha value is -2.20. The molecule has 3 atom stereocenters. The van der Waals surface area contributed by atoms with Crippen LogP contribution in [0.25, 0.3) is 0 Å². The number of carbonyl (C=O) groups excluding carboxylic acids is 3. The molecule has 2 amide bonds. The number of amides is 2. The van der Waals surface area contributed by atoms with Gasteiger partial charge in [0.25, 0.3) is 11.8 Å². The van der Waals surface area contributed by atoms with E-state index in [1.807, 2.05) is 6.07 Å². The smallest absolute Gasteiger partial charge is 0.355 e. The first kappa shape index (κ1) is 22.5. The summed E-state index contributed by atoms with van der Waals surface area (Å²) >= 11 is 3.29. The molecule has 1 saturated heterocycles. The zero-order valence-electron chi connectivity index (χ0n) is 16.8. The Bertz CT molecular complexity index is 912. The number of carbonyl (C=O) groups is 3. The summed E-state index contributed by atoms with van der Waals surface area (Å²) in [5.74, 6) is -1.03. The summed E-state index contributed by atoms with van der Waals surface area (Å²) in [5.41, 5.74) is -0.115. The van der Waals surface area contributed by atoms with E-state index in [1.54, 1.807) is 45.0 Å². The molecular formula is C20H23BrN2O6S. The van der Waals surface area contributed by atoms with Crippen LogP contribution in [-0.2, 0) is 29.9 Å². The number of alkyl halides is 1. The third-order valence-corrected chi connectivity index (χ3v) is 6.72. The number of esters is 1. The third kappa shape index (κ3) is 4.75. The Kier molecular flexibility index (Phi) is 6.66. The molecule has 0 aromatic heterocycles.